The molecular formula is C22H23N3O4S. The van der Waals surface area contributed by atoms with Crippen molar-refractivity contribution < 1.29 is 14.3 Å². The maximum atomic E-state index is 12.6. The molecule has 0 unspecified atom stereocenters. The number of carbonyl (C=O) groups is 2. The first-order chi connectivity index (χ1) is 14.4. The van der Waals surface area contributed by atoms with Crippen LogP contribution >= 0.6 is 12.2 Å². The van der Waals surface area contributed by atoms with Crippen LogP contribution in [0.2, 0.25) is 0 Å². The lowest BCUT2D eigenvalue weighted by Crippen LogP contribution is -2.21. The predicted octanol–water partition coefficient (Wildman–Crippen LogP) is 4.29. The number of amides is 1. The van der Waals surface area contributed by atoms with E-state index in [1.807, 2.05) is 13.8 Å². The number of esters is 1. The van der Waals surface area contributed by atoms with Crippen LogP contribution in [-0.4, -0.2) is 28.0 Å². The number of hydrogen-bond acceptors (Lipinski definition) is 5. The Morgan fingerprint density at radius 3 is 2.47 bits per heavy atom. The van der Waals surface area contributed by atoms with Gasteiger partial charge in [-0.05, 0) is 68.0 Å². The maximum absolute atomic E-state index is 12.6. The lowest BCUT2D eigenvalue weighted by Gasteiger charge is -2.09. The number of hydrogen-bond donors (Lipinski definition) is 2. The normalized spacial score (nSPS) is 10.7. The van der Waals surface area contributed by atoms with E-state index >= 15 is 0 Å². The summed E-state index contributed by atoms with van der Waals surface area (Å²) < 4.78 is 6.95. The number of rotatable bonds is 7. The number of aromatic amines is 1. The summed E-state index contributed by atoms with van der Waals surface area (Å²) in [5.41, 5.74) is 1.66. The minimum atomic E-state index is -0.385. The molecule has 0 saturated carbocycles. The third-order valence-electron chi connectivity index (χ3n) is 4.67. The fourth-order valence-electron chi connectivity index (χ4n) is 2.97. The van der Waals surface area contributed by atoms with Gasteiger partial charge in [-0.25, -0.2) is 4.79 Å². The Morgan fingerprint density at radius 2 is 1.80 bits per heavy atom. The molecule has 3 aromatic rings. The molecule has 3 rings (SSSR count). The van der Waals surface area contributed by atoms with Crippen LogP contribution in [0.25, 0.3) is 10.9 Å². The van der Waals surface area contributed by atoms with E-state index in [9.17, 15) is 14.4 Å². The van der Waals surface area contributed by atoms with Gasteiger partial charge in [0.1, 0.15) is 0 Å². The molecule has 2 N–H and O–H groups in total. The smallest absolute Gasteiger partial charge is 0.338 e. The molecule has 0 aliphatic carbocycles. The number of H-pyrrole nitrogens is 1. The van der Waals surface area contributed by atoms with Gasteiger partial charge in [0.15, 0.2) is 4.77 Å². The Balaban J connectivity index is 1.76. The van der Waals surface area contributed by atoms with E-state index < -0.39 is 0 Å². The third-order valence-corrected chi connectivity index (χ3v) is 4.99. The number of ether oxygens (including phenoxy) is 1. The van der Waals surface area contributed by atoms with Crippen LogP contribution in [0.1, 0.15) is 47.4 Å². The summed E-state index contributed by atoms with van der Waals surface area (Å²) in [7, 11) is 0. The highest BCUT2D eigenvalue weighted by Crippen LogP contribution is 2.15. The van der Waals surface area contributed by atoms with Crippen LogP contribution in [0.15, 0.2) is 47.3 Å². The lowest BCUT2D eigenvalue weighted by atomic mass is 10.1. The Kier molecular flexibility index (Phi) is 6.79. The molecule has 1 heterocycles. The number of anilines is 1. The molecule has 8 heteroatoms. The van der Waals surface area contributed by atoms with Crippen molar-refractivity contribution in [1.29, 1.82) is 0 Å². The van der Waals surface area contributed by atoms with Gasteiger partial charge in [-0.1, -0.05) is 13.3 Å². The number of carbonyl (C=O) groups excluding carboxylic acids is 2. The van der Waals surface area contributed by atoms with E-state index in [1.54, 1.807) is 42.5 Å². The minimum Gasteiger partial charge on any atom is -0.462 e. The summed E-state index contributed by atoms with van der Waals surface area (Å²) in [5, 5.41) is 3.24. The molecule has 1 aromatic heterocycles. The SMILES string of the molecule is CCCCOC(=O)c1ccc(NC(=O)c2ccc3c(=O)n(CC)c(=S)[nH]c3c2)cc1. The average Bonchev–Trinajstić information content (AvgIpc) is 2.74. The van der Waals surface area contributed by atoms with Crippen LogP contribution in [0, 0.1) is 4.77 Å². The molecule has 156 valence electrons. The molecule has 30 heavy (non-hydrogen) atoms. The first kappa shape index (κ1) is 21.4. The van der Waals surface area contributed by atoms with Gasteiger partial charge >= 0.3 is 5.97 Å². The van der Waals surface area contributed by atoms with E-state index in [1.165, 1.54) is 4.57 Å². The van der Waals surface area contributed by atoms with E-state index in [0.29, 0.717) is 45.6 Å². The van der Waals surface area contributed by atoms with Crippen molar-refractivity contribution in [2.24, 2.45) is 0 Å². The molecule has 0 aliphatic heterocycles. The van der Waals surface area contributed by atoms with Gasteiger partial charge in [-0.2, -0.15) is 0 Å². The van der Waals surface area contributed by atoms with E-state index in [4.69, 9.17) is 17.0 Å². The van der Waals surface area contributed by atoms with Gasteiger partial charge in [-0.15, -0.1) is 0 Å². The Labute approximate surface area is 178 Å². The molecule has 0 fully saturated rings. The van der Waals surface area contributed by atoms with Crippen LogP contribution in [-0.2, 0) is 11.3 Å². The number of fused-ring (bicyclic) bond motifs is 1. The van der Waals surface area contributed by atoms with Crippen molar-refractivity contribution in [3.63, 3.8) is 0 Å². The van der Waals surface area contributed by atoms with Crippen molar-refractivity contribution >= 4 is 40.7 Å². The topological polar surface area (TPSA) is 93.2 Å². The van der Waals surface area contributed by atoms with E-state index in [-0.39, 0.29) is 17.4 Å². The number of benzene rings is 2. The zero-order chi connectivity index (χ0) is 21.7. The molecule has 7 nitrogen and oxygen atoms in total. The second-order valence-corrected chi connectivity index (χ2v) is 7.15. The van der Waals surface area contributed by atoms with E-state index in [0.717, 1.165) is 12.8 Å². The van der Waals surface area contributed by atoms with Crippen LogP contribution < -0.4 is 10.9 Å². The highest BCUT2D eigenvalue weighted by Gasteiger charge is 2.11. The summed E-state index contributed by atoms with van der Waals surface area (Å²) in [5.74, 6) is -0.724. The summed E-state index contributed by atoms with van der Waals surface area (Å²) in [4.78, 5) is 40.0. The largest absolute Gasteiger partial charge is 0.462 e. The molecule has 0 saturated heterocycles. The third kappa shape index (κ3) is 4.65. The average molecular weight is 426 g/mol. The van der Waals surface area contributed by atoms with Crippen LogP contribution in [0.5, 0.6) is 0 Å². The van der Waals surface area contributed by atoms with Crippen molar-refractivity contribution in [3.8, 4) is 0 Å². The highest BCUT2D eigenvalue weighted by molar-refractivity contribution is 7.71. The van der Waals surface area contributed by atoms with Gasteiger partial charge in [0.25, 0.3) is 11.5 Å². The van der Waals surface area contributed by atoms with Gasteiger partial charge in [-0.3, -0.25) is 14.2 Å². The first-order valence-corrected chi connectivity index (χ1v) is 10.2. The number of nitrogens with one attached hydrogen (secondary N) is 2. The second-order valence-electron chi connectivity index (χ2n) is 6.76. The zero-order valence-corrected chi connectivity index (χ0v) is 17.7. The summed E-state index contributed by atoms with van der Waals surface area (Å²) in [6.07, 6.45) is 1.77. The highest BCUT2D eigenvalue weighted by atomic mass is 32.1. The Bertz CT molecular complexity index is 1200. The molecule has 1 amide bonds. The Morgan fingerprint density at radius 1 is 1.10 bits per heavy atom. The van der Waals surface area contributed by atoms with Gasteiger partial charge < -0.3 is 15.0 Å². The molecule has 0 spiro atoms. The van der Waals surface area contributed by atoms with Gasteiger partial charge in [0.05, 0.1) is 23.1 Å². The van der Waals surface area contributed by atoms with Crippen molar-refractivity contribution in [3.05, 3.63) is 68.7 Å². The first-order valence-electron chi connectivity index (χ1n) is 9.80. The van der Waals surface area contributed by atoms with E-state index in [2.05, 4.69) is 10.3 Å². The predicted molar refractivity (Wildman–Crippen MR) is 119 cm³/mol. The molecule has 0 bridgehead atoms. The number of aromatic nitrogens is 2. The van der Waals surface area contributed by atoms with Crippen LogP contribution in [0.3, 0.4) is 0 Å². The molecule has 0 aliphatic rings. The molecule has 2 aromatic carbocycles. The maximum Gasteiger partial charge on any atom is 0.338 e. The van der Waals surface area contributed by atoms with Crippen LogP contribution in [0.4, 0.5) is 5.69 Å². The number of nitrogens with zero attached hydrogens (tertiary/aromatic N) is 1. The van der Waals surface area contributed by atoms with Crippen molar-refractivity contribution in [2.45, 2.75) is 33.2 Å². The second kappa shape index (κ2) is 9.49. The fourth-order valence-corrected chi connectivity index (χ4v) is 3.29. The zero-order valence-electron chi connectivity index (χ0n) is 16.9. The standard InChI is InChI=1S/C22H23N3O4S/c1-3-5-12-29-21(28)14-6-9-16(10-7-14)23-19(26)15-8-11-17-18(13-15)24-22(30)25(4-2)20(17)27/h6-11,13H,3-5,12H2,1-2H3,(H,23,26)(H,24,30). The molecular weight excluding hydrogens is 402 g/mol. The lowest BCUT2D eigenvalue weighted by molar-refractivity contribution is 0.0499. The van der Waals surface area contributed by atoms with Crippen molar-refractivity contribution in [1.82, 2.24) is 9.55 Å². The summed E-state index contributed by atoms with van der Waals surface area (Å²) in [6.45, 7) is 4.72. The monoisotopic (exact) mass is 425 g/mol. The minimum absolute atomic E-state index is 0.190. The quantitative estimate of drug-likeness (QED) is 0.335. The van der Waals surface area contributed by atoms with Gasteiger partial charge in [0.2, 0.25) is 0 Å². The van der Waals surface area contributed by atoms with Crippen molar-refractivity contribution in [2.75, 3.05) is 11.9 Å². The fraction of sp³-hybridized carbons (Fsp3) is 0.273. The summed E-state index contributed by atoms with van der Waals surface area (Å²) >= 11 is 5.22. The Hall–Kier alpha value is -3.26. The number of unbranched alkanes of at least 4 members (excludes halogenated alkanes) is 1. The summed E-state index contributed by atoms with van der Waals surface area (Å²) in [6, 6.07) is 11.3. The molecule has 0 atom stereocenters. The molecule has 0 radical (unpaired) electrons. The van der Waals surface area contributed by atoms with Gasteiger partial charge in [0, 0.05) is 17.8 Å².